The van der Waals surface area contributed by atoms with E-state index in [1.165, 1.54) is 18.9 Å². The summed E-state index contributed by atoms with van der Waals surface area (Å²) in [5, 5.41) is 11.2. The zero-order valence-corrected chi connectivity index (χ0v) is 18.0. The fraction of sp³-hybridized carbons (Fsp3) is 0.609. The lowest BCUT2D eigenvalue weighted by Crippen LogP contribution is -2.45. The lowest BCUT2D eigenvalue weighted by Gasteiger charge is -2.45. The molecule has 1 spiro atoms. The Labute approximate surface area is 181 Å². The van der Waals surface area contributed by atoms with Gasteiger partial charge in [-0.25, -0.2) is 4.39 Å². The second-order valence-electron chi connectivity index (χ2n) is 9.26. The molecular formula is C23H30FN5O2. The normalized spacial score (nSPS) is 24.1. The number of imide groups is 1. The fourth-order valence-corrected chi connectivity index (χ4v) is 5.58. The van der Waals surface area contributed by atoms with Crippen molar-refractivity contribution in [3.63, 3.8) is 0 Å². The summed E-state index contributed by atoms with van der Waals surface area (Å²) in [6, 6.07) is 3.44. The number of rotatable bonds is 3. The topological polar surface area (TPSA) is 79.3 Å². The highest BCUT2D eigenvalue weighted by molar-refractivity contribution is 6.02. The Bertz CT molecular complexity index is 1020. The number of aromatic nitrogens is 2. The molecule has 8 heteroatoms. The average Bonchev–Trinajstić information content (AvgIpc) is 3.12. The molecule has 166 valence electrons. The van der Waals surface area contributed by atoms with Crippen LogP contribution in [0.25, 0.3) is 10.9 Å². The third-order valence-electron chi connectivity index (χ3n) is 7.55. The van der Waals surface area contributed by atoms with E-state index in [1.807, 2.05) is 17.7 Å². The summed E-state index contributed by atoms with van der Waals surface area (Å²) >= 11 is 0. The minimum Gasteiger partial charge on any atom is -0.369 e. The fourth-order valence-electron chi connectivity index (χ4n) is 5.58. The molecular weight excluding hydrogens is 397 g/mol. The van der Waals surface area contributed by atoms with Gasteiger partial charge in [-0.05, 0) is 69.7 Å². The summed E-state index contributed by atoms with van der Waals surface area (Å²) < 4.78 is 17.2. The van der Waals surface area contributed by atoms with Crippen LogP contribution in [0.15, 0.2) is 12.1 Å². The Balaban J connectivity index is 1.45. The van der Waals surface area contributed by atoms with Gasteiger partial charge in [-0.2, -0.15) is 5.10 Å². The van der Waals surface area contributed by atoms with Gasteiger partial charge in [0.15, 0.2) is 0 Å². The quantitative estimate of drug-likeness (QED) is 0.737. The molecule has 4 heterocycles. The molecule has 1 aromatic carbocycles. The molecule has 1 unspecified atom stereocenters. The highest BCUT2D eigenvalue weighted by Crippen LogP contribution is 2.42. The van der Waals surface area contributed by atoms with E-state index >= 15 is 4.39 Å². The highest BCUT2D eigenvalue weighted by atomic mass is 19.1. The Morgan fingerprint density at radius 3 is 2.58 bits per heavy atom. The largest absolute Gasteiger partial charge is 0.369 e. The molecule has 1 atom stereocenters. The predicted molar refractivity (Wildman–Crippen MR) is 116 cm³/mol. The number of anilines is 1. The van der Waals surface area contributed by atoms with Crippen LogP contribution >= 0.6 is 0 Å². The lowest BCUT2D eigenvalue weighted by atomic mass is 9.71. The molecule has 31 heavy (non-hydrogen) atoms. The third kappa shape index (κ3) is 3.60. The summed E-state index contributed by atoms with van der Waals surface area (Å²) in [6.07, 6.45) is 5.30. The SMILES string of the molecule is CCn1nc(C2CCC(=O)NC2=O)c2cc(F)c(N3CCC4(CCNCC4)CC3)cc21. The Kier molecular flexibility index (Phi) is 5.20. The van der Waals surface area contributed by atoms with Crippen molar-refractivity contribution in [3.05, 3.63) is 23.6 Å². The number of carbonyl (C=O) groups is 2. The molecule has 5 rings (SSSR count). The molecule has 0 bridgehead atoms. The number of benzene rings is 1. The van der Waals surface area contributed by atoms with Gasteiger partial charge in [-0.3, -0.25) is 19.6 Å². The van der Waals surface area contributed by atoms with Crippen LogP contribution in [-0.2, 0) is 16.1 Å². The van der Waals surface area contributed by atoms with Gasteiger partial charge >= 0.3 is 0 Å². The van der Waals surface area contributed by atoms with Gasteiger partial charge in [0.05, 0.1) is 22.8 Å². The zero-order chi connectivity index (χ0) is 21.6. The van der Waals surface area contributed by atoms with Gasteiger partial charge in [0.25, 0.3) is 0 Å². The van der Waals surface area contributed by atoms with Crippen LogP contribution in [0.2, 0.25) is 0 Å². The maximum absolute atomic E-state index is 15.3. The summed E-state index contributed by atoms with van der Waals surface area (Å²) in [5.41, 5.74) is 2.45. The molecule has 0 aliphatic carbocycles. The number of hydrogen-bond donors (Lipinski definition) is 2. The molecule has 3 fully saturated rings. The minimum atomic E-state index is -0.520. The van der Waals surface area contributed by atoms with E-state index in [1.54, 1.807) is 0 Å². The summed E-state index contributed by atoms with van der Waals surface area (Å²) in [6.45, 7) is 6.51. The molecule has 1 aromatic heterocycles. The van der Waals surface area contributed by atoms with Crippen molar-refractivity contribution >= 4 is 28.4 Å². The van der Waals surface area contributed by atoms with Crippen molar-refractivity contribution in [1.29, 1.82) is 0 Å². The lowest BCUT2D eigenvalue weighted by molar-refractivity contribution is -0.134. The van der Waals surface area contributed by atoms with E-state index < -0.39 is 5.92 Å². The van der Waals surface area contributed by atoms with E-state index in [0.717, 1.165) is 44.5 Å². The van der Waals surface area contributed by atoms with Gasteiger partial charge in [0, 0.05) is 31.4 Å². The van der Waals surface area contributed by atoms with Crippen molar-refractivity contribution in [2.24, 2.45) is 5.41 Å². The van der Waals surface area contributed by atoms with Crippen molar-refractivity contribution in [2.75, 3.05) is 31.1 Å². The zero-order valence-electron chi connectivity index (χ0n) is 18.0. The van der Waals surface area contributed by atoms with E-state index in [2.05, 4.69) is 20.6 Å². The molecule has 3 saturated heterocycles. The maximum atomic E-state index is 15.3. The molecule has 0 saturated carbocycles. The minimum absolute atomic E-state index is 0.259. The number of hydrogen-bond acceptors (Lipinski definition) is 5. The monoisotopic (exact) mass is 427 g/mol. The van der Waals surface area contributed by atoms with E-state index in [0.29, 0.717) is 35.1 Å². The van der Waals surface area contributed by atoms with Gasteiger partial charge in [0.1, 0.15) is 5.82 Å². The number of carbonyl (C=O) groups excluding carboxylic acids is 2. The number of nitrogens with one attached hydrogen (secondary N) is 2. The van der Waals surface area contributed by atoms with Crippen molar-refractivity contribution < 1.29 is 14.0 Å². The molecule has 3 aliphatic heterocycles. The van der Waals surface area contributed by atoms with E-state index in [-0.39, 0.29) is 24.1 Å². The number of aryl methyl sites for hydroxylation is 1. The number of halogens is 1. The second-order valence-corrected chi connectivity index (χ2v) is 9.26. The smallest absolute Gasteiger partial charge is 0.235 e. The van der Waals surface area contributed by atoms with E-state index in [9.17, 15) is 9.59 Å². The van der Waals surface area contributed by atoms with Crippen molar-refractivity contribution in [2.45, 2.75) is 57.9 Å². The Morgan fingerprint density at radius 2 is 1.90 bits per heavy atom. The van der Waals surface area contributed by atoms with Crippen LogP contribution in [0.4, 0.5) is 10.1 Å². The predicted octanol–water partition coefficient (Wildman–Crippen LogP) is 2.69. The van der Waals surface area contributed by atoms with E-state index in [4.69, 9.17) is 0 Å². The average molecular weight is 428 g/mol. The first-order chi connectivity index (χ1) is 15.0. The summed E-state index contributed by atoms with van der Waals surface area (Å²) in [5.74, 6) is -1.39. The number of fused-ring (bicyclic) bond motifs is 1. The number of nitrogens with zero attached hydrogens (tertiary/aromatic N) is 3. The van der Waals surface area contributed by atoms with Gasteiger partial charge in [-0.15, -0.1) is 0 Å². The van der Waals surface area contributed by atoms with Gasteiger partial charge < -0.3 is 10.2 Å². The van der Waals surface area contributed by atoms with Crippen LogP contribution in [-0.4, -0.2) is 47.8 Å². The molecule has 2 aromatic rings. The van der Waals surface area contributed by atoms with Crippen molar-refractivity contribution in [1.82, 2.24) is 20.4 Å². The molecule has 2 amide bonds. The van der Waals surface area contributed by atoms with Crippen LogP contribution in [0.5, 0.6) is 0 Å². The summed E-state index contributed by atoms with van der Waals surface area (Å²) in [7, 11) is 0. The van der Waals surface area contributed by atoms with Crippen LogP contribution in [0.1, 0.15) is 57.1 Å². The second kappa shape index (κ2) is 7.89. The number of amides is 2. The van der Waals surface area contributed by atoms with Crippen molar-refractivity contribution in [3.8, 4) is 0 Å². The summed E-state index contributed by atoms with van der Waals surface area (Å²) in [4.78, 5) is 26.1. The Morgan fingerprint density at radius 1 is 1.16 bits per heavy atom. The molecule has 2 N–H and O–H groups in total. The van der Waals surface area contributed by atoms with Crippen LogP contribution in [0, 0.1) is 11.2 Å². The van der Waals surface area contributed by atoms with Crippen LogP contribution < -0.4 is 15.5 Å². The first-order valence-electron chi connectivity index (χ1n) is 11.5. The standard InChI is InChI=1S/C23H30FN5O2/c1-2-29-18-14-19(28-11-7-23(8-12-28)5-9-25-10-6-23)17(24)13-16(18)21(27-29)15-3-4-20(30)26-22(15)31/h13-15,25H,2-12H2,1H3,(H,26,30,31). The Hall–Kier alpha value is -2.48. The van der Waals surface area contributed by atoms with Gasteiger partial charge in [-0.1, -0.05) is 0 Å². The molecule has 3 aliphatic rings. The molecule has 0 radical (unpaired) electrons. The first-order valence-corrected chi connectivity index (χ1v) is 11.5. The maximum Gasteiger partial charge on any atom is 0.235 e. The highest BCUT2D eigenvalue weighted by Gasteiger charge is 2.37. The first kappa shape index (κ1) is 20.4. The molecule has 7 nitrogen and oxygen atoms in total. The third-order valence-corrected chi connectivity index (χ3v) is 7.55. The van der Waals surface area contributed by atoms with Gasteiger partial charge in [0.2, 0.25) is 11.8 Å². The number of piperidine rings is 3. The van der Waals surface area contributed by atoms with Crippen LogP contribution in [0.3, 0.4) is 0 Å².